The maximum absolute atomic E-state index is 13.0. The van der Waals surface area contributed by atoms with Gasteiger partial charge in [-0.05, 0) is 35.9 Å². The van der Waals surface area contributed by atoms with Crippen LogP contribution < -0.4 is 10.2 Å². The second kappa shape index (κ2) is 7.70. The summed E-state index contributed by atoms with van der Waals surface area (Å²) in [6, 6.07) is 15.1. The number of hydrogen-bond donors (Lipinski definition) is 1. The van der Waals surface area contributed by atoms with Gasteiger partial charge in [0.2, 0.25) is 0 Å². The summed E-state index contributed by atoms with van der Waals surface area (Å²) in [4.78, 5) is 28.4. The average molecular weight is 430 g/mol. The number of carbonyl (C=O) groups excluding carboxylic acids is 2. The van der Waals surface area contributed by atoms with Crippen LogP contribution in [0.25, 0.3) is 0 Å². The molecular weight excluding hydrogens is 410 g/mol. The van der Waals surface area contributed by atoms with Crippen LogP contribution in [0, 0.1) is 0 Å². The molecular formula is C20H20BrN3O3. The molecule has 3 amide bonds. The van der Waals surface area contributed by atoms with Gasteiger partial charge in [0, 0.05) is 35.4 Å². The second-order valence-corrected chi connectivity index (χ2v) is 7.51. The van der Waals surface area contributed by atoms with Gasteiger partial charge in [-0.15, -0.1) is 0 Å². The molecule has 7 heteroatoms. The lowest BCUT2D eigenvalue weighted by Crippen LogP contribution is -2.42. The maximum atomic E-state index is 13.0. The molecule has 4 rings (SSSR count). The average Bonchev–Trinajstić information content (AvgIpc) is 3.14. The highest BCUT2D eigenvalue weighted by atomic mass is 79.9. The Balaban J connectivity index is 1.50. The third-order valence-corrected chi connectivity index (χ3v) is 5.39. The van der Waals surface area contributed by atoms with Crippen molar-refractivity contribution in [3.05, 3.63) is 64.1 Å². The molecule has 2 heterocycles. The van der Waals surface area contributed by atoms with Crippen molar-refractivity contribution >= 4 is 33.6 Å². The Morgan fingerprint density at radius 3 is 2.70 bits per heavy atom. The first kappa shape index (κ1) is 18.0. The van der Waals surface area contributed by atoms with Crippen LogP contribution in [-0.2, 0) is 4.74 Å². The molecule has 0 unspecified atom stereocenters. The SMILES string of the molecule is O=C(c1cccc(N2CCNC2=O)c1)N1CCO[C@H](c2ccc(Br)cc2)C1. The molecule has 0 aliphatic carbocycles. The fourth-order valence-corrected chi connectivity index (χ4v) is 3.68. The van der Waals surface area contributed by atoms with Gasteiger partial charge in [0.1, 0.15) is 6.10 Å². The Hall–Kier alpha value is -2.38. The predicted octanol–water partition coefficient (Wildman–Crippen LogP) is 3.19. The normalized spacial score (nSPS) is 19.9. The van der Waals surface area contributed by atoms with E-state index in [2.05, 4.69) is 21.2 Å². The van der Waals surface area contributed by atoms with Crippen LogP contribution in [0.5, 0.6) is 0 Å². The van der Waals surface area contributed by atoms with Crippen molar-refractivity contribution in [2.75, 3.05) is 37.7 Å². The van der Waals surface area contributed by atoms with Crippen molar-refractivity contribution in [2.45, 2.75) is 6.10 Å². The quantitative estimate of drug-likeness (QED) is 0.814. The minimum absolute atomic E-state index is 0.0399. The first-order valence-electron chi connectivity index (χ1n) is 8.93. The zero-order valence-electron chi connectivity index (χ0n) is 14.7. The molecule has 27 heavy (non-hydrogen) atoms. The molecule has 0 saturated carbocycles. The van der Waals surface area contributed by atoms with Gasteiger partial charge >= 0.3 is 6.03 Å². The van der Waals surface area contributed by atoms with Crippen LogP contribution >= 0.6 is 15.9 Å². The molecule has 2 saturated heterocycles. The highest BCUT2D eigenvalue weighted by Crippen LogP contribution is 2.26. The first-order valence-corrected chi connectivity index (χ1v) is 9.73. The Morgan fingerprint density at radius 1 is 1.15 bits per heavy atom. The van der Waals surface area contributed by atoms with E-state index in [9.17, 15) is 9.59 Å². The summed E-state index contributed by atoms with van der Waals surface area (Å²) >= 11 is 3.44. The number of urea groups is 1. The molecule has 0 bridgehead atoms. The van der Waals surface area contributed by atoms with Crippen molar-refractivity contribution in [3.8, 4) is 0 Å². The molecule has 1 atom stereocenters. The highest BCUT2D eigenvalue weighted by Gasteiger charge is 2.27. The monoisotopic (exact) mass is 429 g/mol. The summed E-state index contributed by atoms with van der Waals surface area (Å²) in [5.74, 6) is -0.0399. The van der Waals surface area contributed by atoms with E-state index in [-0.39, 0.29) is 18.0 Å². The minimum Gasteiger partial charge on any atom is -0.370 e. The van der Waals surface area contributed by atoms with Crippen molar-refractivity contribution in [3.63, 3.8) is 0 Å². The van der Waals surface area contributed by atoms with Crippen LogP contribution in [0.15, 0.2) is 53.0 Å². The van der Waals surface area contributed by atoms with E-state index >= 15 is 0 Å². The number of nitrogens with one attached hydrogen (secondary N) is 1. The maximum Gasteiger partial charge on any atom is 0.321 e. The third kappa shape index (κ3) is 3.84. The standard InChI is InChI=1S/C20H20BrN3O3/c21-16-6-4-14(5-7-16)18-13-23(10-11-27-18)19(25)15-2-1-3-17(12-15)24-9-8-22-20(24)26/h1-7,12,18H,8-11,13H2,(H,22,26)/t18-/m0/s1. The zero-order chi connectivity index (χ0) is 18.8. The van der Waals surface area contributed by atoms with Gasteiger partial charge in [-0.1, -0.05) is 34.1 Å². The Labute approximate surface area is 166 Å². The summed E-state index contributed by atoms with van der Waals surface area (Å²) in [5, 5.41) is 2.78. The lowest BCUT2D eigenvalue weighted by atomic mass is 10.1. The number of morpholine rings is 1. The van der Waals surface area contributed by atoms with E-state index in [0.29, 0.717) is 38.3 Å². The van der Waals surface area contributed by atoms with Crippen molar-refractivity contribution in [1.29, 1.82) is 0 Å². The van der Waals surface area contributed by atoms with Gasteiger partial charge in [-0.25, -0.2) is 4.79 Å². The number of halogens is 1. The molecule has 0 radical (unpaired) electrons. The first-order chi connectivity index (χ1) is 13.1. The van der Waals surface area contributed by atoms with Crippen LogP contribution in [0.1, 0.15) is 22.0 Å². The van der Waals surface area contributed by atoms with Gasteiger partial charge in [0.05, 0.1) is 13.2 Å². The number of hydrogen-bond acceptors (Lipinski definition) is 3. The lowest BCUT2D eigenvalue weighted by molar-refractivity contribution is -0.0228. The van der Waals surface area contributed by atoms with E-state index in [4.69, 9.17) is 4.74 Å². The van der Waals surface area contributed by atoms with Gasteiger partial charge in [-0.2, -0.15) is 0 Å². The fraction of sp³-hybridized carbons (Fsp3) is 0.300. The number of amides is 3. The molecule has 2 aromatic rings. The largest absolute Gasteiger partial charge is 0.370 e. The van der Waals surface area contributed by atoms with Gasteiger partial charge in [0.25, 0.3) is 5.91 Å². The molecule has 140 valence electrons. The Bertz CT molecular complexity index is 856. The molecule has 2 aliphatic rings. The number of ether oxygens (including phenoxy) is 1. The zero-order valence-corrected chi connectivity index (χ0v) is 16.3. The van der Waals surface area contributed by atoms with E-state index in [1.807, 2.05) is 41.3 Å². The van der Waals surface area contributed by atoms with Crippen LogP contribution in [0.4, 0.5) is 10.5 Å². The molecule has 1 N–H and O–H groups in total. The second-order valence-electron chi connectivity index (χ2n) is 6.60. The smallest absolute Gasteiger partial charge is 0.321 e. The molecule has 0 spiro atoms. The molecule has 6 nitrogen and oxygen atoms in total. The topological polar surface area (TPSA) is 61.9 Å². The van der Waals surface area contributed by atoms with E-state index in [1.165, 1.54) is 0 Å². The number of benzene rings is 2. The van der Waals surface area contributed by atoms with Crippen molar-refractivity contribution in [2.24, 2.45) is 0 Å². The molecule has 2 aliphatic heterocycles. The summed E-state index contributed by atoms with van der Waals surface area (Å²) in [7, 11) is 0. The molecule has 2 aromatic carbocycles. The van der Waals surface area contributed by atoms with Crippen LogP contribution in [-0.4, -0.2) is 49.6 Å². The van der Waals surface area contributed by atoms with Crippen LogP contribution in [0.2, 0.25) is 0 Å². The summed E-state index contributed by atoms with van der Waals surface area (Å²) in [6.45, 7) is 2.80. The predicted molar refractivity (Wildman–Crippen MR) is 106 cm³/mol. The van der Waals surface area contributed by atoms with E-state index in [0.717, 1.165) is 15.7 Å². The molecule has 0 aromatic heterocycles. The number of rotatable bonds is 3. The Morgan fingerprint density at radius 2 is 1.96 bits per heavy atom. The molecule has 2 fully saturated rings. The van der Waals surface area contributed by atoms with Gasteiger partial charge in [0.15, 0.2) is 0 Å². The summed E-state index contributed by atoms with van der Waals surface area (Å²) in [6.07, 6.45) is -0.136. The third-order valence-electron chi connectivity index (χ3n) is 4.86. The van der Waals surface area contributed by atoms with E-state index in [1.54, 1.807) is 17.0 Å². The van der Waals surface area contributed by atoms with Gasteiger partial charge in [-0.3, -0.25) is 9.69 Å². The van der Waals surface area contributed by atoms with E-state index < -0.39 is 0 Å². The van der Waals surface area contributed by atoms with Crippen molar-refractivity contribution in [1.82, 2.24) is 10.2 Å². The van der Waals surface area contributed by atoms with Gasteiger partial charge < -0.3 is 15.0 Å². The fourth-order valence-electron chi connectivity index (χ4n) is 3.42. The highest BCUT2D eigenvalue weighted by molar-refractivity contribution is 9.10. The number of carbonyl (C=O) groups is 2. The summed E-state index contributed by atoms with van der Waals surface area (Å²) < 4.78 is 6.88. The minimum atomic E-state index is -0.136. The Kier molecular flexibility index (Phi) is 5.13. The number of nitrogens with zero attached hydrogens (tertiary/aromatic N) is 2. The van der Waals surface area contributed by atoms with Crippen molar-refractivity contribution < 1.29 is 14.3 Å². The van der Waals surface area contributed by atoms with Crippen LogP contribution in [0.3, 0.4) is 0 Å². The summed E-state index contributed by atoms with van der Waals surface area (Å²) in [5.41, 5.74) is 2.38. The number of anilines is 1. The lowest BCUT2D eigenvalue weighted by Gasteiger charge is -2.33.